The van der Waals surface area contributed by atoms with Crippen LogP contribution in [0.5, 0.6) is 5.75 Å². The van der Waals surface area contributed by atoms with Crippen LogP contribution in [0.15, 0.2) is 51.8 Å². The van der Waals surface area contributed by atoms with Crippen molar-refractivity contribution in [2.24, 2.45) is 5.92 Å². The number of anilines is 1. The van der Waals surface area contributed by atoms with E-state index < -0.39 is 59.0 Å². The van der Waals surface area contributed by atoms with Crippen molar-refractivity contribution in [2.45, 2.75) is 101 Å². The van der Waals surface area contributed by atoms with E-state index in [1.165, 1.54) is 28.8 Å². The van der Waals surface area contributed by atoms with Gasteiger partial charge in [-0.1, -0.05) is 12.1 Å². The minimum atomic E-state index is -4.68. The summed E-state index contributed by atoms with van der Waals surface area (Å²) in [6.45, 7) is 11.4. The van der Waals surface area contributed by atoms with Gasteiger partial charge in [0, 0.05) is 29.3 Å². The second-order valence-electron chi connectivity index (χ2n) is 15.6. The fraction of sp³-hybridized carbons (Fsp3) is 0.528. The second kappa shape index (κ2) is 14.0. The number of halogens is 4. The van der Waals surface area contributed by atoms with Gasteiger partial charge in [0.25, 0.3) is 5.91 Å². The maximum atomic E-state index is 14.2. The highest BCUT2D eigenvalue weighted by Crippen LogP contribution is 2.52. The predicted molar refractivity (Wildman–Crippen MR) is 185 cm³/mol. The number of rotatable bonds is 8. The molecule has 4 aliphatic rings. The summed E-state index contributed by atoms with van der Waals surface area (Å²) in [5.74, 6) is 0.0647. The molecule has 1 aliphatic carbocycles. The molecule has 1 saturated carbocycles. The number of benzene rings is 2. The summed E-state index contributed by atoms with van der Waals surface area (Å²) in [5, 5.41) is 11.4. The first-order chi connectivity index (χ1) is 24.7. The Labute approximate surface area is 307 Å². The van der Waals surface area contributed by atoms with Crippen molar-refractivity contribution in [2.75, 3.05) is 23.7 Å². The van der Waals surface area contributed by atoms with E-state index in [4.69, 9.17) is 13.9 Å². The van der Waals surface area contributed by atoms with Gasteiger partial charge in [-0.3, -0.25) is 4.79 Å². The molecule has 1 atom stereocenters. The first-order valence-electron chi connectivity index (χ1n) is 17.0. The third kappa shape index (κ3) is 8.65. The Morgan fingerprint density at radius 2 is 1.70 bits per heavy atom. The van der Waals surface area contributed by atoms with Crippen molar-refractivity contribution in [1.82, 2.24) is 20.4 Å². The summed E-state index contributed by atoms with van der Waals surface area (Å²) >= 11 is 1.33. The molecule has 7 rings (SSSR count). The van der Waals surface area contributed by atoms with Gasteiger partial charge in [0.1, 0.15) is 23.0 Å². The maximum absolute atomic E-state index is 14.2. The van der Waals surface area contributed by atoms with Gasteiger partial charge in [-0.2, -0.15) is 17.6 Å². The molecule has 0 unspecified atom stereocenters. The molecule has 2 saturated heterocycles. The molecule has 2 bridgehead atoms. The molecule has 0 spiro atoms. The van der Waals surface area contributed by atoms with Crippen LogP contribution < -0.4 is 15.0 Å². The fourth-order valence-corrected chi connectivity index (χ4v) is 7.66. The monoisotopic (exact) mass is 763 g/mol. The number of aromatic nitrogens is 2. The molecular weight excluding hydrogens is 722 g/mol. The van der Waals surface area contributed by atoms with Crippen LogP contribution in [0.1, 0.15) is 65.8 Å². The zero-order valence-electron chi connectivity index (χ0n) is 30.1. The molecular formula is C36H41F4N5O7S. The summed E-state index contributed by atoms with van der Waals surface area (Å²) in [7, 11) is 0. The molecule has 3 fully saturated rings. The smallest absolute Gasteiger partial charge is 0.444 e. The number of hydrogen-bond acceptors (Lipinski definition) is 10. The average Bonchev–Trinajstić information content (AvgIpc) is 3.51. The molecule has 0 radical (unpaired) electrons. The number of nitrogens with one attached hydrogen (secondary N) is 1. The van der Waals surface area contributed by atoms with Gasteiger partial charge in [-0.25, -0.2) is 9.59 Å². The number of carbonyl (C=O) groups excluding carboxylic acids is 3. The summed E-state index contributed by atoms with van der Waals surface area (Å²) in [5.41, 5.74) is -0.557. The number of hydrogen-bond donors (Lipinski definition) is 1. The summed E-state index contributed by atoms with van der Waals surface area (Å²) in [6, 6.07) is 9.23. The highest BCUT2D eigenvalue weighted by atomic mass is 32.2. The first-order valence-corrected chi connectivity index (χ1v) is 18.0. The van der Waals surface area contributed by atoms with Crippen molar-refractivity contribution < 1.29 is 50.6 Å². The van der Waals surface area contributed by atoms with Gasteiger partial charge >= 0.3 is 24.7 Å². The van der Waals surface area contributed by atoms with E-state index in [9.17, 15) is 31.9 Å². The second-order valence-corrected chi connectivity index (χ2v) is 16.6. The summed E-state index contributed by atoms with van der Waals surface area (Å²) < 4.78 is 73.9. The van der Waals surface area contributed by atoms with E-state index in [0.29, 0.717) is 40.7 Å². The first kappa shape index (κ1) is 38.2. The quantitative estimate of drug-likeness (QED) is 0.231. The predicted octanol–water partition coefficient (Wildman–Crippen LogP) is 7.40. The number of amides is 3. The lowest BCUT2D eigenvalue weighted by Crippen LogP contribution is -2.61. The molecule has 286 valence electrons. The van der Waals surface area contributed by atoms with Crippen molar-refractivity contribution in [1.29, 1.82) is 0 Å². The Morgan fingerprint density at radius 3 is 2.34 bits per heavy atom. The van der Waals surface area contributed by atoms with Gasteiger partial charge in [0.15, 0.2) is 0 Å². The highest BCUT2D eigenvalue weighted by molar-refractivity contribution is 7.99. The Balaban J connectivity index is 1.27. The van der Waals surface area contributed by atoms with E-state index in [1.807, 2.05) is 20.8 Å². The van der Waals surface area contributed by atoms with Crippen LogP contribution >= 0.6 is 11.8 Å². The van der Waals surface area contributed by atoms with Crippen LogP contribution in [0, 0.1) is 5.92 Å². The molecule has 3 aromatic rings. The van der Waals surface area contributed by atoms with E-state index in [1.54, 1.807) is 43.9 Å². The van der Waals surface area contributed by atoms with Crippen LogP contribution in [-0.2, 0) is 26.2 Å². The van der Waals surface area contributed by atoms with E-state index in [0.717, 1.165) is 25.0 Å². The number of carbonyl (C=O) groups is 3. The summed E-state index contributed by atoms with van der Waals surface area (Å²) in [6.07, 6.45) is -8.32. The molecule has 17 heteroatoms. The maximum Gasteiger partial charge on any atom is 0.461 e. The number of ether oxygens (including phenoxy) is 3. The van der Waals surface area contributed by atoms with Crippen LogP contribution in [0.25, 0.3) is 11.5 Å². The van der Waals surface area contributed by atoms with Crippen LogP contribution in [0.2, 0.25) is 0 Å². The van der Waals surface area contributed by atoms with Crippen LogP contribution in [0.4, 0.5) is 32.8 Å². The number of fused-ring (bicyclic) bond motifs is 3. The number of alkyl halides is 4. The van der Waals surface area contributed by atoms with Crippen molar-refractivity contribution in [3.05, 3.63) is 53.9 Å². The lowest BCUT2D eigenvalue weighted by Gasteiger charge is -2.54. The third-order valence-corrected chi connectivity index (χ3v) is 9.95. The Kier molecular flexibility index (Phi) is 10.1. The Morgan fingerprint density at radius 1 is 1.02 bits per heavy atom. The third-order valence-electron chi connectivity index (χ3n) is 8.79. The number of alkyl carbamates (subject to hydrolysis) is 1. The minimum Gasteiger partial charge on any atom is -0.444 e. The van der Waals surface area contributed by atoms with Gasteiger partial charge in [0.05, 0.1) is 17.6 Å². The molecule has 53 heavy (non-hydrogen) atoms. The van der Waals surface area contributed by atoms with Gasteiger partial charge in [0.2, 0.25) is 11.8 Å². The number of thioether (sulfide) groups is 1. The van der Waals surface area contributed by atoms with Crippen molar-refractivity contribution >= 4 is 35.5 Å². The minimum absolute atomic E-state index is 0.0893. The molecule has 3 amide bonds. The van der Waals surface area contributed by atoms with Gasteiger partial charge < -0.3 is 33.7 Å². The van der Waals surface area contributed by atoms with Crippen LogP contribution in [-0.4, -0.2) is 81.8 Å². The standard InChI is InChI=1S/C36H41F4N5O7S/c1-33(2,3)51-31(47)41-24-18-53-26-12-9-22(13-25(26)45(28(24)46)17-20-7-10-23(11-8-20)50-36(39,40)29(37)38)27-42-43-30(49-27)35-14-21(15-35)16-44(19-35)32(48)52-34(4,5)6/h7-13,21,24,29H,14-19H2,1-6H3,(H,41,47)/t21?,24-,35?/m0/s1. The zero-order valence-corrected chi connectivity index (χ0v) is 30.9. The highest BCUT2D eigenvalue weighted by Gasteiger charge is 2.56. The van der Waals surface area contributed by atoms with Gasteiger partial charge in [-0.05, 0) is 96.2 Å². The number of nitrogens with zero attached hydrogens (tertiary/aromatic N) is 4. The van der Waals surface area contributed by atoms with Crippen molar-refractivity contribution in [3.63, 3.8) is 0 Å². The topological polar surface area (TPSA) is 136 Å². The van der Waals surface area contributed by atoms with Gasteiger partial charge in [-0.15, -0.1) is 22.0 Å². The molecule has 4 heterocycles. The number of piperidine rings is 2. The molecule has 2 aromatic carbocycles. The SMILES string of the molecule is CC(C)(C)OC(=O)N[C@H]1CSc2ccc(-c3nnc(C45CC(CN(C(=O)OC(C)(C)C)C4)C5)o3)cc2N(Cc2ccc(OC(F)(F)C(F)F)cc2)C1=O. The van der Waals surface area contributed by atoms with Crippen LogP contribution in [0.3, 0.4) is 0 Å². The molecule has 12 nitrogen and oxygen atoms in total. The molecule has 1 aromatic heterocycles. The van der Waals surface area contributed by atoms with E-state index in [2.05, 4.69) is 20.3 Å². The zero-order chi connectivity index (χ0) is 38.5. The molecule has 1 N–H and O–H groups in total. The largest absolute Gasteiger partial charge is 0.461 e. The normalized spacial score (nSPS) is 21.8. The Hall–Kier alpha value is -4.54. The van der Waals surface area contributed by atoms with E-state index in [-0.39, 0.29) is 24.1 Å². The Bertz CT molecular complexity index is 1860. The average molecular weight is 764 g/mol. The van der Waals surface area contributed by atoms with E-state index >= 15 is 0 Å². The fourth-order valence-electron chi connectivity index (χ4n) is 6.61. The lowest BCUT2D eigenvalue weighted by molar-refractivity contribution is -0.253. The molecule has 3 aliphatic heterocycles. The summed E-state index contributed by atoms with van der Waals surface area (Å²) in [4.78, 5) is 43.6. The van der Waals surface area contributed by atoms with Crippen molar-refractivity contribution in [3.8, 4) is 17.2 Å². The lowest BCUT2D eigenvalue weighted by atomic mass is 9.58.